The number of ketones is 1. The molecule has 0 unspecified atom stereocenters. The van der Waals surface area contributed by atoms with Gasteiger partial charge in [0.2, 0.25) is 0 Å². The van der Waals surface area contributed by atoms with E-state index in [1.54, 1.807) is 6.92 Å². The Kier molecular flexibility index (Phi) is 9.21. The number of rotatable bonds is 11. The fourth-order valence-corrected chi connectivity index (χ4v) is 4.07. The molecule has 4 heteroatoms. The van der Waals surface area contributed by atoms with Crippen LogP contribution in [0, 0.1) is 5.92 Å². The second-order valence-corrected chi connectivity index (χ2v) is 13.8. The molecule has 3 nitrogen and oxygen atoms in total. The summed E-state index contributed by atoms with van der Waals surface area (Å²) in [6.07, 6.45) is 2.45. The molecule has 1 aromatic carbocycles. The molecule has 2 atom stereocenters. The van der Waals surface area contributed by atoms with Crippen LogP contribution in [0.5, 0.6) is 0 Å². The van der Waals surface area contributed by atoms with Crippen LogP contribution in [0.3, 0.4) is 0 Å². The molecule has 0 saturated heterocycles. The molecule has 0 spiro atoms. The second kappa shape index (κ2) is 10.4. The third-order valence-electron chi connectivity index (χ3n) is 5.31. The van der Waals surface area contributed by atoms with Gasteiger partial charge >= 0.3 is 0 Å². The van der Waals surface area contributed by atoms with E-state index in [-0.39, 0.29) is 16.9 Å². The van der Waals surface area contributed by atoms with Gasteiger partial charge in [-0.05, 0) is 49.4 Å². The SMILES string of the molecule is CC(=O)C[C@H](C[C@@H](C)CCOCc1ccccc1)O[Si](C)(C)C(C)(C)C. The summed E-state index contributed by atoms with van der Waals surface area (Å²) in [7, 11) is -1.87. The number of benzene rings is 1. The van der Waals surface area contributed by atoms with E-state index >= 15 is 0 Å². The van der Waals surface area contributed by atoms with Crippen LogP contribution in [0.4, 0.5) is 0 Å². The number of Topliss-reactive ketones (excluding diaryl/α,β-unsaturated/α-hetero) is 1. The Bertz CT molecular complexity index is 534. The van der Waals surface area contributed by atoms with E-state index < -0.39 is 8.32 Å². The standard InChI is InChI=1S/C22H38O3Si/c1-18(13-14-24-17-20-11-9-8-10-12-20)15-21(16-19(2)23)25-26(6,7)22(3,4)5/h8-12,18,21H,13-17H2,1-7H3/t18-,21-/m0/s1. The first-order valence-corrected chi connectivity index (χ1v) is 12.7. The third-order valence-corrected chi connectivity index (χ3v) is 9.85. The van der Waals surface area contributed by atoms with E-state index in [1.165, 1.54) is 5.56 Å². The summed E-state index contributed by atoms with van der Waals surface area (Å²) in [6, 6.07) is 10.2. The molecule has 0 aliphatic carbocycles. The van der Waals surface area contributed by atoms with Crippen molar-refractivity contribution < 1.29 is 14.0 Å². The molecule has 0 aliphatic rings. The molecule has 26 heavy (non-hydrogen) atoms. The lowest BCUT2D eigenvalue weighted by Gasteiger charge is -2.39. The quantitative estimate of drug-likeness (QED) is 0.350. The first-order valence-electron chi connectivity index (χ1n) is 9.80. The molecule has 1 aromatic rings. The summed E-state index contributed by atoms with van der Waals surface area (Å²) in [6.45, 7) is 16.5. The number of carbonyl (C=O) groups is 1. The van der Waals surface area contributed by atoms with Gasteiger partial charge in [-0.15, -0.1) is 0 Å². The maximum Gasteiger partial charge on any atom is 0.192 e. The van der Waals surface area contributed by atoms with Crippen molar-refractivity contribution in [3.63, 3.8) is 0 Å². The summed E-state index contributed by atoms with van der Waals surface area (Å²) in [5, 5.41) is 0.157. The van der Waals surface area contributed by atoms with E-state index in [1.807, 2.05) is 18.2 Å². The maximum atomic E-state index is 11.7. The Morgan fingerprint density at radius 1 is 1.15 bits per heavy atom. The van der Waals surface area contributed by atoms with E-state index in [4.69, 9.17) is 9.16 Å². The van der Waals surface area contributed by atoms with Crippen molar-refractivity contribution >= 4 is 14.1 Å². The van der Waals surface area contributed by atoms with E-state index in [0.717, 1.165) is 19.4 Å². The van der Waals surface area contributed by atoms with Crippen LogP contribution in [0.25, 0.3) is 0 Å². The Labute approximate surface area is 161 Å². The topological polar surface area (TPSA) is 35.5 Å². The highest BCUT2D eigenvalue weighted by molar-refractivity contribution is 6.74. The van der Waals surface area contributed by atoms with Gasteiger partial charge in [-0.2, -0.15) is 0 Å². The second-order valence-electron chi connectivity index (χ2n) is 9.07. The van der Waals surface area contributed by atoms with Gasteiger partial charge in [-0.1, -0.05) is 58.0 Å². The smallest absolute Gasteiger partial charge is 0.192 e. The molecular formula is C22H38O3Si. The first-order chi connectivity index (χ1) is 12.0. The Hall–Kier alpha value is -0.973. The first kappa shape index (κ1) is 23.1. The summed E-state index contributed by atoms with van der Waals surface area (Å²) in [5.41, 5.74) is 1.20. The lowest BCUT2D eigenvalue weighted by atomic mass is 9.98. The molecule has 0 saturated carbocycles. The van der Waals surface area contributed by atoms with Gasteiger partial charge in [0.05, 0.1) is 12.7 Å². The number of ether oxygens (including phenoxy) is 1. The van der Waals surface area contributed by atoms with Gasteiger partial charge in [0.15, 0.2) is 8.32 Å². The Morgan fingerprint density at radius 3 is 2.31 bits per heavy atom. The molecular weight excluding hydrogens is 340 g/mol. The average Bonchev–Trinajstić information content (AvgIpc) is 2.50. The predicted molar refractivity (Wildman–Crippen MR) is 112 cm³/mol. The van der Waals surface area contributed by atoms with Crippen LogP contribution in [0.2, 0.25) is 18.1 Å². The minimum absolute atomic E-state index is 0.0255. The predicted octanol–water partition coefficient (Wildman–Crippen LogP) is 5.99. The van der Waals surface area contributed by atoms with Crippen molar-refractivity contribution in [3.05, 3.63) is 35.9 Å². The highest BCUT2D eigenvalue weighted by atomic mass is 28.4. The summed E-state index contributed by atoms with van der Waals surface area (Å²) in [5.74, 6) is 0.682. The normalized spacial score (nSPS) is 14.9. The molecule has 148 valence electrons. The zero-order valence-electron chi connectivity index (χ0n) is 17.8. The van der Waals surface area contributed by atoms with Gasteiger partial charge in [0.25, 0.3) is 0 Å². The molecule has 0 bridgehead atoms. The zero-order chi connectivity index (χ0) is 19.8. The van der Waals surface area contributed by atoms with Crippen molar-refractivity contribution in [3.8, 4) is 0 Å². The van der Waals surface area contributed by atoms with Gasteiger partial charge in [0, 0.05) is 13.0 Å². The largest absolute Gasteiger partial charge is 0.413 e. The lowest BCUT2D eigenvalue weighted by molar-refractivity contribution is -0.118. The fourth-order valence-electron chi connectivity index (χ4n) is 2.70. The summed E-state index contributed by atoms with van der Waals surface area (Å²) < 4.78 is 12.3. The van der Waals surface area contributed by atoms with Crippen molar-refractivity contribution in [2.24, 2.45) is 5.92 Å². The average molecular weight is 379 g/mol. The van der Waals surface area contributed by atoms with Gasteiger partial charge in [0.1, 0.15) is 5.78 Å². The molecule has 0 N–H and O–H groups in total. The van der Waals surface area contributed by atoms with Crippen molar-refractivity contribution in [2.45, 2.75) is 84.7 Å². The monoisotopic (exact) mass is 378 g/mol. The maximum absolute atomic E-state index is 11.7. The van der Waals surface area contributed by atoms with Crippen LogP contribution in [-0.2, 0) is 20.6 Å². The summed E-state index contributed by atoms with van der Waals surface area (Å²) in [4.78, 5) is 11.7. The highest BCUT2D eigenvalue weighted by Crippen LogP contribution is 2.38. The minimum atomic E-state index is -1.87. The van der Waals surface area contributed by atoms with Crippen molar-refractivity contribution in [1.82, 2.24) is 0 Å². The third kappa shape index (κ3) is 8.61. The van der Waals surface area contributed by atoms with Gasteiger partial charge in [-0.3, -0.25) is 4.79 Å². The molecule has 0 heterocycles. The molecule has 0 amide bonds. The summed E-state index contributed by atoms with van der Waals surface area (Å²) >= 11 is 0. The zero-order valence-corrected chi connectivity index (χ0v) is 18.8. The van der Waals surface area contributed by atoms with Crippen molar-refractivity contribution in [2.75, 3.05) is 6.61 Å². The number of hydrogen-bond donors (Lipinski definition) is 0. The van der Waals surface area contributed by atoms with Crippen LogP contribution in [0.1, 0.15) is 59.4 Å². The molecule has 0 radical (unpaired) electrons. The van der Waals surface area contributed by atoms with Crippen LogP contribution in [-0.4, -0.2) is 26.8 Å². The number of carbonyl (C=O) groups excluding carboxylic acids is 1. The van der Waals surface area contributed by atoms with E-state index in [9.17, 15) is 4.79 Å². The van der Waals surface area contributed by atoms with E-state index in [2.05, 4.69) is 52.9 Å². The van der Waals surface area contributed by atoms with Crippen LogP contribution >= 0.6 is 0 Å². The van der Waals surface area contributed by atoms with E-state index in [0.29, 0.717) is 18.9 Å². The van der Waals surface area contributed by atoms with Gasteiger partial charge < -0.3 is 9.16 Å². The van der Waals surface area contributed by atoms with Crippen molar-refractivity contribution in [1.29, 1.82) is 0 Å². The number of hydrogen-bond acceptors (Lipinski definition) is 3. The Balaban J connectivity index is 2.47. The highest BCUT2D eigenvalue weighted by Gasteiger charge is 2.39. The lowest BCUT2D eigenvalue weighted by Crippen LogP contribution is -2.44. The Morgan fingerprint density at radius 2 is 1.77 bits per heavy atom. The molecule has 0 aromatic heterocycles. The van der Waals surface area contributed by atoms with Gasteiger partial charge in [-0.25, -0.2) is 0 Å². The minimum Gasteiger partial charge on any atom is -0.413 e. The van der Waals surface area contributed by atoms with Crippen LogP contribution < -0.4 is 0 Å². The fraction of sp³-hybridized carbons (Fsp3) is 0.682. The molecule has 0 aliphatic heterocycles. The van der Waals surface area contributed by atoms with Crippen LogP contribution in [0.15, 0.2) is 30.3 Å². The molecule has 0 fully saturated rings. The molecule has 1 rings (SSSR count).